The van der Waals surface area contributed by atoms with Gasteiger partial charge in [0.25, 0.3) is 0 Å². The van der Waals surface area contributed by atoms with Crippen molar-refractivity contribution in [1.82, 2.24) is 9.80 Å². The van der Waals surface area contributed by atoms with Crippen LogP contribution >= 0.6 is 11.6 Å². The number of anilines is 1. The summed E-state index contributed by atoms with van der Waals surface area (Å²) in [6.07, 6.45) is 0.310. The summed E-state index contributed by atoms with van der Waals surface area (Å²) >= 11 is 6.10. The SMILES string of the molecule is C[C@H](c1ccccc1)N1C[C@@H](C(=O)N2CCN(c3cccc(Cl)c3)CC2)CC1=O. The number of piperazine rings is 1. The van der Waals surface area contributed by atoms with Crippen molar-refractivity contribution in [3.05, 3.63) is 65.2 Å². The molecule has 0 aromatic heterocycles. The molecule has 5 nitrogen and oxygen atoms in total. The normalized spacial score (nSPS) is 20.8. The van der Waals surface area contributed by atoms with E-state index >= 15 is 0 Å². The van der Waals surface area contributed by atoms with Crippen LogP contribution in [0.25, 0.3) is 0 Å². The van der Waals surface area contributed by atoms with Crippen molar-refractivity contribution >= 4 is 29.1 Å². The van der Waals surface area contributed by atoms with Gasteiger partial charge in [0, 0.05) is 49.9 Å². The van der Waals surface area contributed by atoms with Crippen LogP contribution in [0, 0.1) is 5.92 Å². The van der Waals surface area contributed by atoms with Crippen LogP contribution in [-0.2, 0) is 9.59 Å². The standard InChI is InChI=1S/C23H26ClN3O2/c1-17(18-6-3-2-4-7-18)27-16-19(14-22(27)28)23(29)26-12-10-25(11-13-26)21-9-5-8-20(24)15-21/h2-9,15,17,19H,10-14,16H2,1H3/t17-,19+/m1/s1. The molecule has 29 heavy (non-hydrogen) atoms. The Kier molecular flexibility index (Phi) is 5.76. The van der Waals surface area contributed by atoms with Gasteiger partial charge in [-0.25, -0.2) is 0 Å². The van der Waals surface area contributed by atoms with E-state index in [4.69, 9.17) is 11.6 Å². The molecule has 2 fully saturated rings. The zero-order chi connectivity index (χ0) is 20.4. The monoisotopic (exact) mass is 411 g/mol. The topological polar surface area (TPSA) is 43.9 Å². The van der Waals surface area contributed by atoms with Crippen molar-refractivity contribution < 1.29 is 9.59 Å². The highest BCUT2D eigenvalue weighted by Gasteiger charge is 2.39. The lowest BCUT2D eigenvalue weighted by atomic mass is 10.1. The molecule has 0 N–H and O–H groups in total. The highest BCUT2D eigenvalue weighted by Crippen LogP contribution is 2.30. The van der Waals surface area contributed by atoms with Crippen LogP contribution in [0.15, 0.2) is 54.6 Å². The predicted octanol–water partition coefficient (Wildman–Crippen LogP) is 3.60. The lowest BCUT2D eigenvalue weighted by molar-refractivity contribution is -0.136. The molecule has 0 unspecified atom stereocenters. The van der Waals surface area contributed by atoms with Gasteiger partial charge in [0.1, 0.15) is 0 Å². The fourth-order valence-corrected chi connectivity index (χ4v) is 4.48. The highest BCUT2D eigenvalue weighted by molar-refractivity contribution is 6.30. The van der Waals surface area contributed by atoms with Gasteiger partial charge in [-0.1, -0.05) is 48.0 Å². The zero-order valence-corrected chi connectivity index (χ0v) is 17.4. The number of amides is 2. The molecule has 2 saturated heterocycles. The summed E-state index contributed by atoms with van der Waals surface area (Å²) in [6, 6.07) is 17.8. The van der Waals surface area contributed by atoms with Gasteiger partial charge in [-0.3, -0.25) is 9.59 Å². The van der Waals surface area contributed by atoms with E-state index in [0.717, 1.165) is 29.4 Å². The lowest BCUT2D eigenvalue weighted by Crippen LogP contribution is -2.50. The third-order valence-corrected chi connectivity index (χ3v) is 6.26. The van der Waals surface area contributed by atoms with Crippen molar-refractivity contribution in [3.8, 4) is 0 Å². The van der Waals surface area contributed by atoms with Gasteiger partial charge in [0.2, 0.25) is 11.8 Å². The van der Waals surface area contributed by atoms with Crippen LogP contribution in [0.1, 0.15) is 24.9 Å². The summed E-state index contributed by atoms with van der Waals surface area (Å²) in [5.41, 5.74) is 2.19. The molecule has 0 bridgehead atoms. The van der Waals surface area contributed by atoms with Gasteiger partial charge >= 0.3 is 0 Å². The maximum absolute atomic E-state index is 13.1. The van der Waals surface area contributed by atoms with Gasteiger partial charge in [-0.15, -0.1) is 0 Å². The zero-order valence-electron chi connectivity index (χ0n) is 16.6. The molecule has 2 heterocycles. The fourth-order valence-electron chi connectivity index (χ4n) is 4.30. The Morgan fingerprint density at radius 2 is 1.76 bits per heavy atom. The smallest absolute Gasteiger partial charge is 0.228 e. The van der Waals surface area contributed by atoms with Gasteiger partial charge < -0.3 is 14.7 Å². The Balaban J connectivity index is 1.35. The lowest BCUT2D eigenvalue weighted by Gasteiger charge is -2.37. The average molecular weight is 412 g/mol. The minimum atomic E-state index is -0.244. The first-order valence-corrected chi connectivity index (χ1v) is 10.5. The predicted molar refractivity (Wildman–Crippen MR) is 115 cm³/mol. The van der Waals surface area contributed by atoms with Crippen LogP contribution in [0.2, 0.25) is 5.02 Å². The Morgan fingerprint density at radius 3 is 2.45 bits per heavy atom. The largest absolute Gasteiger partial charge is 0.368 e. The molecule has 152 valence electrons. The van der Waals surface area contributed by atoms with E-state index < -0.39 is 0 Å². The molecular weight excluding hydrogens is 386 g/mol. The molecule has 2 aromatic carbocycles. The maximum atomic E-state index is 13.1. The van der Waals surface area contributed by atoms with E-state index in [2.05, 4.69) is 4.90 Å². The number of hydrogen-bond donors (Lipinski definition) is 0. The summed E-state index contributed by atoms with van der Waals surface area (Å²) in [7, 11) is 0. The van der Waals surface area contributed by atoms with Gasteiger partial charge in [0.05, 0.1) is 12.0 Å². The fraction of sp³-hybridized carbons (Fsp3) is 0.391. The van der Waals surface area contributed by atoms with E-state index in [1.54, 1.807) is 0 Å². The van der Waals surface area contributed by atoms with E-state index in [0.29, 0.717) is 26.1 Å². The van der Waals surface area contributed by atoms with E-state index in [-0.39, 0.29) is 23.8 Å². The number of benzene rings is 2. The summed E-state index contributed by atoms with van der Waals surface area (Å²) in [4.78, 5) is 31.7. The van der Waals surface area contributed by atoms with Crippen LogP contribution < -0.4 is 4.90 Å². The molecule has 0 spiro atoms. The molecule has 2 amide bonds. The van der Waals surface area contributed by atoms with E-state index in [1.807, 2.05) is 71.3 Å². The third-order valence-electron chi connectivity index (χ3n) is 6.02. The molecule has 6 heteroatoms. The molecule has 0 radical (unpaired) electrons. The van der Waals surface area contributed by atoms with Crippen molar-refractivity contribution in [2.24, 2.45) is 5.92 Å². The molecule has 0 saturated carbocycles. The van der Waals surface area contributed by atoms with Crippen molar-refractivity contribution in [2.45, 2.75) is 19.4 Å². The van der Waals surface area contributed by atoms with Gasteiger partial charge in [0.15, 0.2) is 0 Å². The quantitative estimate of drug-likeness (QED) is 0.772. The molecule has 2 atom stereocenters. The number of hydrogen-bond acceptors (Lipinski definition) is 3. The molecule has 2 aromatic rings. The third kappa shape index (κ3) is 4.25. The van der Waals surface area contributed by atoms with Crippen LogP contribution in [0.3, 0.4) is 0 Å². The van der Waals surface area contributed by atoms with Crippen molar-refractivity contribution in [1.29, 1.82) is 0 Å². The summed E-state index contributed by atoms with van der Waals surface area (Å²) in [5, 5.41) is 0.720. The first kappa shape index (κ1) is 19.8. The summed E-state index contributed by atoms with van der Waals surface area (Å²) < 4.78 is 0. The number of likely N-dealkylation sites (tertiary alicyclic amines) is 1. The summed E-state index contributed by atoms with van der Waals surface area (Å²) in [6.45, 7) is 5.43. The van der Waals surface area contributed by atoms with Crippen LogP contribution in [0.4, 0.5) is 5.69 Å². The van der Waals surface area contributed by atoms with Crippen molar-refractivity contribution in [2.75, 3.05) is 37.6 Å². The molecular formula is C23H26ClN3O2. The maximum Gasteiger partial charge on any atom is 0.228 e. The number of carbonyl (C=O) groups is 2. The second-order valence-electron chi connectivity index (χ2n) is 7.83. The first-order valence-electron chi connectivity index (χ1n) is 10.2. The Labute approximate surface area is 176 Å². The van der Waals surface area contributed by atoms with Crippen molar-refractivity contribution in [3.63, 3.8) is 0 Å². The Bertz CT molecular complexity index is 881. The average Bonchev–Trinajstić information content (AvgIpc) is 3.15. The highest BCUT2D eigenvalue weighted by atomic mass is 35.5. The summed E-state index contributed by atoms with van der Waals surface area (Å²) in [5.74, 6) is -0.0736. The van der Waals surface area contributed by atoms with Gasteiger partial charge in [-0.05, 0) is 30.7 Å². The number of rotatable bonds is 4. The van der Waals surface area contributed by atoms with Gasteiger partial charge in [-0.2, -0.15) is 0 Å². The molecule has 2 aliphatic heterocycles. The Morgan fingerprint density at radius 1 is 1.03 bits per heavy atom. The van der Waals surface area contributed by atoms with Crippen LogP contribution in [0.5, 0.6) is 0 Å². The van der Waals surface area contributed by atoms with E-state index in [1.165, 1.54) is 0 Å². The number of nitrogens with zero attached hydrogens (tertiary/aromatic N) is 3. The number of carbonyl (C=O) groups excluding carboxylic acids is 2. The molecule has 4 rings (SSSR count). The second-order valence-corrected chi connectivity index (χ2v) is 8.26. The molecule has 0 aliphatic carbocycles. The Hall–Kier alpha value is -2.53. The first-order chi connectivity index (χ1) is 14.0. The van der Waals surface area contributed by atoms with E-state index in [9.17, 15) is 9.59 Å². The minimum absolute atomic E-state index is 0.0128. The molecule has 2 aliphatic rings. The van der Waals surface area contributed by atoms with Crippen LogP contribution in [-0.4, -0.2) is 54.3 Å². The second kappa shape index (κ2) is 8.46. The minimum Gasteiger partial charge on any atom is -0.368 e. The number of halogens is 1.